The van der Waals surface area contributed by atoms with E-state index in [1.807, 2.05) is 11.8 Å². The molecule has 6 heteroatoms. The lowest BCUT2D eigenvalue weighted by Crippen LogP contribution is -2.48. The van der Waals surface area contributed by atoms with Gasteiger partial charge in [0.05, 0.1) is 5.57 Å². The number of hydrogen-bond donors (Lipinski definition) is 0. The number of halogens is 1. The fourth-order valence-electron chi connectivity index (χ4n) is 4.50. The first-order valence-corrected chi connectivity index (χ1v) is 11.3. The van der Waals surface area contributed by atoms with Gasteiger partial charge in [0.2, 0.25) is 0 Å². The van der Waals surface area contributed by atoms with E-state index in [0.717, 1.165) is 25.9 Å². The first-order chi connectivity index (χ1) is 15.4. The van der Waals surface area contributed by atoms with E-state index in [1.165, 1.54) is 33.8 Å². The lowest BCUT2D eigenvalue weighted by molar-refractivity contribution is -0.137. The monoisotopic (exact) mass is 435 g/mol. The van der Waals surface area contributed by atoms with Crippen LogP contribution in [0.2, 0.25) is 0 Å². The van der Waals surface area contributed by atoms with Crippen molar-refractivity contribution in [2.24, 2.45) is 0 Å². The van der Waals surface area contributed by atoms with E-state index in [4.69, 9.17) is 0 Å². The molecule has 1 saturated heterocycles. The van der Waals surface area contributed by atoms with Gasteiger partial charge in [0.25, 0.3) is 11.8 Å². The predicted octanol–water partition coefficient (Wildman–Crippen LogP) is 4.14. The van der Waals surface area contributed by atoms with Crippen LogP contribution in [-0.2, 0) is 9.59 Å². The molecule has 0 saturated carbocycles. The molecule has 1 fully saturated rings. The van der Waals surface area contributed by atoms with Gasteiger partial charge in [-0.2, -0.15) is 0 Å². The molecular formula is C26H30FN3O2. The normalized spacial score (nSPS) is 17.1. The Balaban J connectivity index is 1.63. The predicted molar refractivity (Wildman–Crippen MR) is 125 cm³/mol. The molecule has 4 rings (SSSR count). The summed E-state index contributed by atoms with van der Waals surface area (Å²) < 4.78 is 13.5. The summed E-state index contributed by atoms with van der Waals surface area (Å²) in [5.74, 6) is -0.873. The van der Waals surface area contributed by atoms with Gasteiger partial charge in [-0.15, -0.1) is 0 Å². The van der Waals surface area contributed by atoms with Crippen LogP contribution in [0.1, 0.15) is 36.5 Å². The van der Waals surface area contributed by atoms with E-state index in [-0.39, 0.29) is 17.6 Å². The topological polar surface area (TPSA) is 43.9 Å². The van der Waals surface area contributed by atoms with Gasteiger partial charge in [-0.3, -0.25) is 14.5 Å². The molecule has 0 aromatic heterocycles. The van der Waals surface area contributed by atoms with Crippen LogP contribution in [0.5, 0.6) is 0 Å². The lowest BCUT2D eigenvalue weighted by atomic mass is 10.0. The van der Waals surface area contributed by atoms with Crippen molar-refractivity contribution < 1.29 is 14.0 Å². The molecule has 2 aliphatic heterocycles. The first-order valence-electron chi connectivity index (χ1n) is 11.3. The van der Waals surface area contributed by atoms with Crippen LogP contribution in [-0.4, -0.2) is 54.3 Å². The highest BCUT2D eigenvalue weighted by molar-refractivity contribution is 6.35. The Labute approximate surface area is 189 Å². The van der Waals surface area contributed by atoms with Crippen LogP contribution < -0.4 is 4.90 Å². The van der Waals surface area contributed by atoms with E-state index in [9.17, 15) is 14.0 Å². The molecule has 2 aromatic carbocycles. The average Bonchev–Trinajstić information content (AvgIpc) is 3.04. The van der Waals surface area contributed by atoms with Crippen LogP contribution in [0.3, 0.4) is 0 Å². The van der Waals surface area contributed by atoms with Gasteiger partial charge in [-0.25, -0.2) is 4.39 Å². The van der Waals surface area contributed by atoms with Crippen molar-refractivity contribution in [2.45, 2.75) is 33.6 Å². The number of hydrogen-bond acceptors (Lipinski definition) is 4. The Hall–Kier alpha value is -3.15. The van der Waals surface area contributed by atoms with Gasteiger partial charge in [0, 0.05) is 38.4 Å². The zero-order chi connectivity index (χ0) is 22.8. The minimum atomic E-state index is -0.363. The molecule has 5 nitrogen and oxygen atoms in total. The largest absolute Gasteiger partial charge is 0.368 e. The van der Waals surface area contributed by atoms with Crippen LogP contribution in [0, 0.1) is 19.7 Å². The summed E-state index contributed by atoms with van der Waals surface area (Å²) in [5, 5.41) is 0. The second-order valence-corrected chi connectivity index (χ2v) is 8.54. The number of nitrogens with zero attached hydrogens (tertiary/aromatic N) is 3. The number of carbonyl (C=O) groups excluding carboxylic acids is 2. The number of imide groups is 1. The first kappa shape index (κ1) is 22.1. The maximum atomic E-state index is 13.5. The van der Waals surface area contributed by atoms with Crippen molar-refractivity contribution >= 4 is 23.1 Å². The highest BCUT2D eigenvalue weighted by atomic mass is 19.1. The SMILES string of the molecule is CCCCN1C(=O)C(c2ccc(F)cc2)=C(N2CCN(c3cccc(C)c3C)CC2)C1=O. The molecule has 32 heavy (non-hydrogen) atoms. The maximum Gasteiger partial charge on any atom is 0.277 e. The Morgan fingerprint density at radius 3 is 2.19 bits per heavy atom. The molecule has 2 aliphatic rings. The molecule has 168 valence electrons. The number of piperazine rings is 1. The highest BCUT2D eigenvalue weighted by Crippen LogP contribution is 2.33. The third-order valence-corrected chi connectivity index (χ3v) is 6.52. The Morgan fingerprint density at radius 1 is 0.875 bits per heavy atom. The molecule has 0 aliphatic carbocycles. The summed E-state index contributed by atoms with van der Waals surface area (Å²) in [5.41, 5.74) is 5.19. The van der Waals surface area contributed by atoms with E-state index in [1.54, 1.807) is 12.1 Å². The Morgan fingerprint density at radius 2 is 1.53 bits per heavy atom. The molecule has 0 spiro atoms. The number of benzene rings is 2. The Bertz CT molecular complexity index is 1050. The highest BCUT2D eigenvalue weighted by Gasteiger charge is 2.41. The van der Waals surface area contributed by atoms with Gasteiger partial charge in [0.1, 0.15) is 11.5 Å². The summed E-state index contributed by atoms with van der Waals surface area (Å²) in [4.78, 5) is 32.3. The maximum absolute atomic E-state index is 13.5. The summed E-state index contributed by atoms with van der Waals surface area (Å²) in [6.45, 7) is 9.51. The number of anilines is 1. The standard InChI is InChI=1S/C26H30FN3O2/c1-4-5-13-30-25(31)23(20-9-11-21(27)12-10-20)24(26(30)32)29-16-14-28(15-17-29)22-8-6-7-18(2)19(22)3/h6-12H,4-5,13-17H2,1-3H3. The van der Waals surface area contributed by atoms with Gasteiger partial charge < -0.3 is 9.80 Å². The van der Waals surface area contributed by atoms with Gasteiger partial charge >= 0.3 is 0 Å². The smallest absolute Gasteiger partial charge is 0.277 e. The second-order valence-electron chi connectivity index (χ2n) is 8.54. The summed E-state index contributed by atoms with van der Waals surface area (Å²) in [7, 11) is 0. The molecule has 2 aromatic rings. The molecule has 2 amide bonds. The number of rotatable bonds is 6. The number of unbranched alkanes of at least 4 members (excludes halogenated alkanes) is 1. The van der Waals surface area contributed by atoms with E-state index >= 15 is 0 Å². The molecule has 0 unspecified atom stereocenters. The van der Waals surface area contributed by atoms with E-state index in [0.29, 0.717) is 36.5 Å². The van der Waals surface area contributed by atoms with Crippen LogP contribution in [0.4, 0.5) is 10.1 Å². The molecule has 0 atom stereocenters. The fourth-order valence-corrected chi connectivity index (χ4v) is 4.50. The van der Waals surface area contributed by atoms with Crippen LogP contribution >= 0.6 is 0 Å². The number of aryl methyl sites for hydroxylation is 1. The van der Waals surface area contributed by atoms with Gasteiger partial charge in [-0.1, -0.05) is 37.6 Å². The van der Waals surface area contributed by atoms with Crippen molar-refractivity contribution in [3.63, 3.8) is 0 Å². The third kappa shape index (κ3) is 4.01. The molecular weight excluding hydrogens is 405 g/mol. The molecule has 0 radical (unpaired) electrons. The van der Waals surface area contributed by atoms with Crippen molar-refractivity contribution in [3.8, 4) is 0 Å². The summed E-state index contributed by atoms with van der Waals surface area (Å²) in [6, 6.07) is 12.2. The second kappa shape index (κ2) is 9.15. The van der Waals surface area contributed by atoms with Crippen molar-refractivity contribution in [1.82, 2.24) is 9.80 Å². The van der Waals surface area contributed by atoms with Crippen molar-refractivity contribution in [3.05, 3.63) is 70.7 Å². The summed E-state index contributed by atoms with van der Waals surface area (Å²) >= 11 is 0. The van der Waals surface area contributed by atoms with E-state index in [2.05, 4.69) is 36.9 Å². The summed E-state index contributed by atoms with van der Waals surface area (Å²) in [6.07, 6.45) is 1.66. The molecule has 0 N–H and O–H groups in total. The molecule has 2 heterocycles. The zero-order valence-electron chi connectivity index (χ0n) is 19.0. The van der Waals surface area contributed by atoms with Gasteiger partial charge in [0.15, 0.2) is 0 Å². The lowest BCUT2D eigenvalue weighted by Gasteiger charge is -2.38. The third-order valence-electron chi connectivity index (χ3n) is 6.52. The zero-order valence-corrected chi connectivity index (χ0v) is 19.0. The number of carbonyl (C=O) groups is 2. The quantitative estimate of drug-likeness (QED) is 0.640. The minimum absolute atomic E-state index is 0.233. The van der Waals surface area contributed by atoms with Crippen LogP contribution in [0.15, 0.2) is 48.2 Å². The Kier molecular flexibility index (Phi) is 6.31. The van der Waals surface area contributed by atoms with E-state index < -0.39 is 0 Å². The van der Waals surface area contributed by atoms with Gasteiger partial charge in [-0.05, 0) is 55.2 Å². The minimum Gasteiger partial charge on any atom is -0.368 e. The average molecular weight is 436 g/mol. The fraction of sp³-hybridized carbons (Fsp3) is 0.385. The molecule has 0 bridgehead atoms. The van der Waals surface area contributed by atoms with Crippen LogP contribution in [0.25, 0.3) is 5.57 Å². The van der Waals surface area contributed by atoms with Crippen molar-refractivity contribution in [1.29, 1.82) is 0 Å². The number of amides is 2. The van der Waals surface area contributed by atoms with Crippen molar-refractivity contribution in [2.75, 3.05) is 37.6 Å².